The molecule has 1 amide bonds. The van der Waals surface area contributed by atoms with Crippen molar-refractivity contribution in [2.75, 3.05) is 7.05 Å². The lowest BCUT2D eigenvalue weighted by atomic mass is 10.1. The number of hydrogen-bond acceptors (Lipinski definition) is 3. The van der Waals surface area contributed by atoms with E-state index in [1.807, 2.05) is 14.0 Å². The molecule has 0 aliphatic rings. The highest BCUT2D eigenvalue weighted by molar-refractivity contribution is 7.11. The summed E-state index contributed by atoms with van der Waals surface area (Å²) in [6.07, 6.45) is 1.70. The molecule has 1 aromatic heterocycles. The lowest BCUT2D eigenvalue weighted by Gasteiger charge is -2.20. The zero-order chi connectivity index (χ0) is 12.1. The number of rotatable bonds is 5. The zero-order valence-corrected chi connectivity index (χ0v) is 11.0. The molecule has 0 bridgehead atoms. The predicted molar refractivity (Wildman–Crippen MR) is 68.4 cm³/mol. The molecule has 0 saturated carbocycles. The van der Waals surface area contributed by atoms with Crippen LogP contribution in [0.3, 0.4) is 0 Å². The van der Waals surface area contributed by atoms with E-state index in [1.165, 1.54) is 9.75 Å². The Morgan fingerprint density at radius 2 is 2.25 bits per heavy atom. The Morgan fingerprint density at radius 3 is 2.75 bits per heavy atom. The van der Waals surface area contributed by atoms with Crippen molar-refractivity contribution in [3.05, 3.63) is 21.9 Å². The van der Waals surface area contributed by atoms with Crippen LogP contribution in [0.25, 0.3) is 0 Å². The van der Waals surface area contributed by atoms with Crippen molar-refractivity contribution >= 4 is 17.2 Å². The minimum atomic E-state index is -0.351. The van der Waals surface area contributed by atoms with Crippen LogP contribution in [0, 0.1) is 6.92 Å². The average Bonchev–Trinajstić information content (AvgIpc) is 2.63. The molecule has 3 nitrogen and oxygen atoms in total. The van der Waals surface area contributed by atoms with Gasteiger partial charge >= 0.3 is 0 Å². The monoisotopic (exact) mass is 240 g/mol. The van der Waals surface area contributed by atoms with E-state index in [-0.39, 0.29) is 11.9 Å². The molecule has 0 aliphatic heterocycles. The van der Waals surface area contributed by atoms with E-state index in [2.05, 4.69) is 19.1 Å². The van der Waals surface area contributed by atoms with Crippen molar-refractivity contribution in [1.29, 1.82) is 0 Å². The summed E-state index contributed by atoms with van der Waals surface area (Å²) in [5, 5.41) is 0. The molecule has 0 aliphatic carbocycles. The minimum Gasteiger partial charge on any atom is -0.339 e. The van der Waals surface area contributed by atoms with Gasteiger partial charge in [-0.1, -0.05) is 13.3 Å². The largest absolute Gasteiger partial charge is 0.339 e. The fraction of sp³-hybridized carbons (Fsp3) is 0.583. The average molecular weight is 240 g/mol. The summed E-state index contributed by atoms with van der Waals surface area (Å²) in [5.41, 5.74) is 5.80. The molecule has 1 atom stereocenters. The molecule has 4 heteroatoms. The minimum absolute atomic E-state index is 0.0351. The second-order valence-electron chi connectivity index (χ2n) is 4.10. The number of carbonyl (C=O) groups excluding carboxylic acids is 1. The molecule has 1 unspecified atom stereocenters. The van der Waals surface area contributed by atoms with Crippen molar-refractivity contribution in [1.82, 2.24) is 4.90 Å². The van der Waals surface area contributed by atoms with Crippen LogP contribution in [0.2, 0.25) is 0 Å². The Balaban J connectivity index is 2.51. The summed E-state index contributed by atoms with van der Waals surface area (Å²) in [6.45, 7) is 4.77. The first-order chi connectivity index (χ1) is 7.54. The quantitative estimate of drug-likeness (QED) is 0.857. The first kappa shape index (κ1) is 13.2. The molecule has 1 aromatic rings. The van der Waals surface area contributed by atoms with Crippen molar-refractivity contribution < 1.29 is 4.79 Å². The van der Waals surface area contributed by atoms with Crippen LogP contribution in [0.4, 0.5) is 0 Å². The highest BCUT2D eigenvalue weighted by Crippen LogP contribution is 2.16. The molecule has 90 valence electrons. The summed E-state index contributed by atoms with van der Waals surface area (Å²) in [7, 11) is 1.81. The SMILES string of the molecule is CCCC(N)C(=O)N(C)Cc1ccc(C)s1. The van der Waals surface area contributed by atoms with Gasteiger partial charge in [0.1, 0.15) is 0 Å². The molecule has 0 fully saturated rings. The molecule has 0 radical (unpaired) electrons. The lowest BCUT2D eigenvalue weighted by Crippen LogP contribution is -2.41. The summed E-state index contributed by atoms with van der Waals surface area (Å²) >= 11 is 1.72. The normalized spacial score (nSPS) is 12.5. The standard InChI is InChI=1S/C12H20N2OS/c1-4-5-11(13)12(15)14(3)8-10-7-6-9(2)16-10/h6-7,11H,4-5,8,13H2,1-3H3. The van der Waals surface area contributed by atoms with Crippen molar-refractivity contribution in [2.24, 2.45) is 5.73 Å². The van der Waals surface area contributed by atoms with E-state index in [9.17, 15) is 4.79 Å². The van der Waals surface area contributed by atoms with E-state index >= 15 is 0 Å². The smallest absolute Gasteiger partial charge is 0.239 e. The number of nitrogens with two attached hydrogens (primary N) is 1. The van der Waals surface area contributed by atoms with Crippen LogP contribution in [0.5, 0.6) is 0 Å². The van der Waals surface area contributed by atoms with Gasteiger partial charge in [0.15, 0.2) is 0 Å². The summed E-state index contributed by atoms with van der Waals surface area (Å²) in [5.74, 6) is 0.0351. The van der Waals surface area contributed by atoms with Crippen molar-refractivity contribution in [3.8, 4) is 0 Å². The molecular formula is C12H20N2OS. The highest BCUT2D eigenvalue weighted by atomic mass is 32.1. The number of nitrogens with zero attached hydrogens (tertiary/aromatic N) is 1. The molecule has 0 spiro atoms. The Kier molecular flexibility index (Phi) is 4.96. The van der Waals surface area contributed by atoms with Gasteiger partial charge in [-0.05, 0) is 25.5 Å². The van der Waals surface area contributed by atoms with Crippen LogP contribution in [-0.4, -0.2) is 23.9 Å². The Morgan fingerprint density at radius 1 is 1.56 bits per heavy atom. The fourth-order valence-corrected chi connectivity index (χ4v) is 2.54. The Hall–Kier alpha value is -0.870. The van der Waals surface area contributed by atoms with E-state index in [0.29, 0.717) is 6.54 Å². The summed E-state index contributed by atoms with van der Waals surface area (Å²) in [6, 6.07) is 3.79. The van der Waals surface area contributed by atoms with Gasteiger partial charge in [-0.2, -0.15) is 0 Å². The van der Waals surface area contributed by atoms with Gasteiger partial charge in [-0.3, -0.25) is 4.79 Å². The molecule has 2 N–H and O–H groups in total. The molecule has 16 heavy (non-hydrogen) atoms. The zero-order valence-electron chi connectivity index (χ0n) is 10.2. The highest BCUT2D eigenvalue weighted by Gasteiger charge is 2.17. The number of hydrogen-bond donors (Lipinski definition) is 1. The molecule has 1 rings (SSSR count). The number of carbonyl (C=O) groups is 1. The first-order valence-electron chi connectivity index (χ1n) is 5.60. The maximum Gasteiger partial charge on any atom is 0.239 e. The van der Waals surface area contributed by atoms with E-state index in [0.717, 1.165) is 12.8 Å². The van der Waals surface area contributed by atoms with Crippen molar-refractivity contribution in [2.45, 2.75) is 39.3 Å². The topological polar surface area (TPSA) is 46.3 Å². The third-order valence-corrected chi connectivity index (χ3v) is 3.47. The van der Waals surface area contributed by atoms with Gasteiger partial charge in [0.25, 0.3) is 0 Å². The van der Waals surface area contributed by atoms with Gasteiger partial charge in [0.05, 0.1) is 12.6 Å². The van der Waals surface area contributed by atoms with Crippen LogP contribution in [0.15, 0.2) is 12.1 Å². The van der Waals surface area contributed by atoms with Gasteiger partial charge in [0.2, 0.25) is 5.91 Å². The molecule has 0 saturated heterocycles. The number of thiophene rings is 1. The molecular weight excluding hydrogens is 220 g/mol. The van der Waals surface area contributed by atoms with Gasteiger partial charge in [-0.25, -0.2) is 0 Å². The first-order valence-corrected chi connectivity index (χ1v) is 6.42. The van der Waals surface area contributed by atoms with Crippen LogP contribution in [-0.2, 0) is 11.3 Å². The number of amides is 1. The predicted octanol–water partition coefficient (Wildman–Crippen LogP) is 2.14. The molecule has 1 heterocycles. The van der Waals surface area contributed by atoms with Gasteiger partial charge in [-0.15, -0.1) is 11.3 Å². The fourth-order valence-electron chi connectivity index (χ4n) is 1.60. The summed E-state index contributed by atoms with van der Waals surface area (Å²) < 4.78 is 0. The Labute approximate surface area is 101 Å². The second kappa shape index (κ2) is 6.01. The van der Waals surface area contributed by atoms with Gasteiger partial charge in [0, 0.05) is 16.8 Å². The maximum absolute atomic E-state index is 11.8. The van der Waals surface area contributed by atoms with Crippen molar-refractivity contribution in [3.63, 3.8) is 0 Å². The Bertz CT molecular complexity index is 349. The third kappa shape index (κ3) is 3.61. The second-order valence-corrected chi connectivity index (χ2v) is 5.47. The van der Waals surface area contributed by atoms with E-state index in [4.69, 9.17) is 5.73 Å². The van der Waals surface area contributed by atoms with Crippen LogP contribution >= 0.6 is 11.3 Å². The van der Waals surface area contributed by atoms with Crippen LogP contribution < -0.4 is 5.73 Å². The number of aryl methyl sites for hydroxylation is 1. The van der Waals surface area contributed by atoms with Crippen LogP contribution in [0.1, 0.15) is 29.5 Å². The maximum atomic E-state index is 11.8. The summed E-state index contributed by atoms with van der Waals surface area (Å²) in [4.78, 5) is 16.0. The number of likely N-dealkylation sites (N-methyl/N-ethyl adjacent to an activating group) is 1. The third-order valence-electron chi connectivity index (χ3n) is 2.48. The van der Waals surface area contributed by atoms with E-state index < -0.39 is 0 Å². The van der Waals surface area contributed by atoms with E-state index in [1.54, 1.807) is 16.2 Å². The molecule has 0 aromatic carbocycles. The van der Waals surface area contributed by atoms with Gasteiger partial charge < -0.3 is 10.6 Å². The lowest BCUT2D eigenvalue weighted by molar-refractivity contribution is -0.131.